The maximum Gasteiger partial charge on any atom is 0.142 e. The fourth-order valence-electron chi connectivity index (χ4n) is 3.02. The molecule has 0 aromatic carbocycles. The Bertz CT molecular complexity index is 544. The van der Waals surface area contributed by atoms with Crippen LogP contribution in [-0.4, -0.2) is 16.0 Å². The number of thiazole rings is 1. The van der Waals surface area contributed by atoms with E-state index in [2.05, 4.69) is 27.6 Å². The van der Waals surface area contributed by atoms with Crippen LogP contribution in [-0.2, 0) is 6.54 Å². The molecule has 0 atom stereocenters. The molecule has 1 aliphatic carbocycles. The van der Waals surface area contributed by atoms with E-state index in [9.17, 15) is 0 Å². The Morgan fingerprint density at radius 2 is 2.10 bits per heavy atom. The molecule has 1 saturated carbocycles. The summed E-state index contributed by atoms with van der Waals surface area (Å²) < 4.78 is 0. The van der Waals surface area contributed by atoms with Gasteiger partial charge in [0, 0.05) is 24.2 Å². The van der Waals surface area contributed by atoms with Gasteiger partial charge in [0.1, 0.15) is 5.01 Å². The fraction of sp³-hybridized carbons (Fsp3) is 0.529. The van der Waals surface area contributed by atoms with Gasteiger partial charge in [-0.2, -0.15) is 0 Å². The first kappa shape index (κ1) is 14.7. The molecule has 3 rings (SSSR count). The number of nitrogens with one attached hydrogen (secondary N) is 1. The average molecular weight is 301 g/mol. The van der Waals surface area contributed by atoms with Crippen LogP contribution < -0.4 is 5.32 Å². The zero-order valence-corrected chi connectivity index (χ0v) is 13.4. The molecular weight excluding hydrogens is 278 g/mol. The zero-order valence-electron chi connectivity index (χ0n) is 12.6. The second kappa shape index (κ2) is 7.14. The molecule has 1 N–H and O–H groups in total. The highest BCUT2D eigenvalue weighted by molar-refractivity contribution is 7.13. The molecule has 0 spiro atoms. The monoisotopic (exact) mass is 301 g/mol. The molecule has 0 amide bonds. The lowest BCUT2D eigenvalue weighted by molar-refractivity contribution is 0.285. The van der Waals surface area contributed by atoms with Gasteiger partial charge >= 0.3 is 0 Å². The summed E-state index contributed by atoms with van der Waals surface area (Å²) in [7, 11) is 0. The van der Waals surface area contributed by atoms with Crippen LogP contribution in [0.25, 0.3) is 10.7 Å². The van der Waals surface area contributed by atoms with Crippen LogP contribution in [0.1, 0.15) is 44.7 Å². The standard InChI is InChI=1S/C17H23N3S/c1-2-13-6-8-14(9-7-13)19-11-15-12-21-17(20-15)16-5-3-4-10-18-16/h3-5,10,12-14,19H,2,6-9,11H2,1H3. The summed E-state index contributed by atoms with van der Waals surface area (Å²) in [4.78, 5) is 9.05. The highest BCUT2D eigenvalue weighted by Gasteiger charge is 2.19. The first-order chi connectivity index (χ1) is 10.3. The van der Waals surface area contributed by atoms with Gasteiger partial charge in [-0.25, -0.2) is 4.98 Å². The van der Waals surface area contributed by atoms with Gasteiger partial charge in [0.2, 0.25) is 0 Å². The number of pyridine rings is 1. The summed E-state index contributed by atoms with van der Waals surface area (Å²) in [6.45, 7) is 3.19. The summed E-state index contributed by atoms with van der Waals surface area (Å²) >= 11 is 1.68. The minimum atomic E-state index is 0.674. The van der Waals surface area contributed by atoms with Crippen LogP contribution in [0.15, 0.2) is 29.8 Å². The van der Waals surface area contributed by atoms with Crippen molar-refractivity contribution < 1.29 is 0 Å². The van der Waals surface area contributed by atoms with Crippen LogP contribution in [0.5, 0.6) is 0 Å². The number of nitrogens with zero attached hydrogens (tertiary/aromatic N) is 2. The lowest BCUT2D eigenvalue weighted by atomic mass is 9.84. The Labute approximate surface area is 130 Å². The van der Waals surface area contributed by atoms with Crippen LogP contribution >= 0.6 is 11.3 Å². The van der Waals surface area contributed by atoms with E-state index in [4.69, 9.17) is 0 Å². The Kier molecular flexibility index (Phi) is 4.99. The first-order valence-electron chi connectivity index (χ1n) is 7.94. The molecule has 0 saturated heterocycles. The minimum absolute atomic E-state index is 0.674. The quantitative estimate of drug-likeness (QED) is 0.896. The molecule has 2 aromatic heterocycles. The van der Waals surface area contributed by atoms with E-state index in [1.807, 2.05) is 24.4 Å². The van der Waals surface area contributed by atoms with Gasteiger partial charge in [-0.05, 0) is 43.7 Å². The lowest BCUT2D eigenvalue weighted by Gasteiger charge is -2.28. The summed E-state index contributed by atoms with van der Waals surface area (Å²) in [5, 5.41) is 6.83. The van der Waals surface area contributed by atoms with Crippen molar-refractivity contribution in [3.05, 3.63) is 35.5 Å². The van der Waals surface area contributed by atoms with E-state index in [1.165, 1.54) is 32.1 Å². The molecule has 0 bridgehead atoms. The second-order valence-corrected chi connectivity index (χ2v) is 6.72. The van der Waals surface area contributed by atoms with Gasteiger partial charge in [-0.1, -0.05) is 19.4 Å². The van der Waals surface area contributed by atoms with Gasteiger partial charge in [-0.3, -0.25) is 4.98 Å². The molecular formula is C17H23N3S. The third-order valence-electron chi connectivity index (χ3n) is 4.43. The van der Waals surface area contributed by atoms with Crippen molar-refractivity contribution >= 4 is 11.3 Å². The number of aromatic nitrogens is 2. The molecule has 112 valence electrons. The van der Waals surface area contributed by atoms with Crippen LogP contribution in [0.3, 0.4) is 0 Å². The molecule has 1 aliphatic rings. The largest absolute Gasteiger partial charge is 0.308 e. The third kappa shape index (κ3) is 3.89. The van der Waals surface area contributed by atoms with Crippen molar-refractivity contribution in [3.63, 3.8) is 0 Å². The average Bonchev–Trinajstić information content (AvgIpc) is 3.03. The van der Waals surface area contributed by atoms with E-state index in [-0.39, 0.29) is 0 Å². The van der Waals surface area contributed by atoms with Gasteiger partial charge in [-0.15, -0.1) is 11.3 Å². The SMILES string of the molecule is CCC1CCC(NCc2csc(-c3ccccn3)n2)CC1. The third-order valence-corrected chi connectivity index (χ3v) is 5.35. The van der Waals surface area contributed by atoms with Gasteiger partial charge in [0.25, 0.3) is 0 Å². The molecule has 1 fully saturated rings. The highest BCUT2D eigenvalue weighted by atomic mass is 32.1. The summed E-state index contributed by atoms with van der Waals surface area (Å²) in [5.41, 5.74) is 2.11. The summed E-state index contributed by atoms with van der Waals surface area (Å²) in [6.07, 6.45) is 8.55. The predicted molar refractivity (Wildman–Crippen MR) is 88.2 cm³/mol. The van der Waals surface area contributed by atoms with E-state index >= 15 is 0 Å². The molecule has 4 heteroatoms. The molecule has 2 heterocycles. The molecule has 0 aliphatic heterocycles. The molecule has 0 radical (unpaired) electrons. The Hall–Kier alpha value is -1.26. The van der Waals surface area contributed by atoms with Crippen molar-refractivity contribution in [2.75, 3.05) is 0 Å². The second-order valence-electron chi connectivity index (χ2n) is 5.87. The maximum absolute atomic E-state index is 4.69. The van der Waals surface area contributed by atoms with Gasteiger partial charge in [0.05, 0.1) is 11.4 Å². The van der Waals surface area contributed by atoms with Crippen molar-refractivity contribution in [1.82, 2.24) is 15.3 Å². The first-order valence-corrected chi connectivity index (χ1v) is 8.82. The summed E-state index contributed by atoms with van der Waals surface area (Å²) in [6, 6.07) is 6.63. The van der Waals surface area contributed by atoms with Crippen molar-refractivity contribution in [3.8, 4) is 10.7 Å². The fourth-order valence-corrected chi connectivity index (χ4v) is 3.81. The number of hydrogen-bond acceptors (Lipinski definition) is 4. The maximum atomic E-state index is 4.69. The van der Waals surface area contributed by atoms with Crippen molar-refractivity contribution in [2.24, 2.45) is 5.92 Å². The van der Waals surface area contributed by atoms with E-state index in [0.29, 0.717) is 6.04 Å². The zero-order chi connectivity index (χ0) is 14.5. The summed E-state index contributed by atoms with van der Waals surface area (Å²) in [5.74, 6) is 0.957. The molecule has 21 heavy (non-hydrogen) atoms. The molecule has 3 nitrogen and oxygen atoms in total. The van der Waals surface area contributed by atoms with Crippen LogP contribution in [0.4, 0.5) is 0 Å². The van der Waals surface area contributed by atoms with E-state index in [0.717, 1.165) is 28.9 Å². The topological polar surface area (TPSA) is 37.8 Å². The highest BCUT2D eigenvalue weighted by Crippen LogP contribution is 2.27. The van der Waals surface area contributed by atoms with Crippen LogP contribution in [0, 0.1) is 5.92 Å². The van der Waals surface area contributed by atoms with E-state index < -0.39 is 0 Å². The number of rotatable bonds is 5. The van der Waals surface area contributed by atoms with E-state index in [1.54, 1.807) is 11.3 Å². The minimum Gasteiger partial charge on any atom is -0.308 e. The Morgan fingerprint density at radius 3 is 2.81 bits per heavy atom. The predicted octanol–water partition coefficient (Wildman–Crippen LogP) is 4.26. The Morgan fingerprint density at radius 1 is 1.24 bits per heavy atom. The number of hydrogen-bond donors (Lipinski definition) is 1. The van der Waals surface area contributed by atoms with Crippen molar-refractivity contribution in [1.29, 1.82) is 0 Å². The smallest absolute Gasteiger partial charge is 0.142 e. The van der Waals surface area contributed by atoms with Gasteiger partial charge in [0.15, 0.2) is 0 Å². The molecule has 0 unspecified atom stereocenters. The molecule has 2 aromatic rings. The Balaban J connectivity index is 1.52. The van der Waals surface area contributed by atoms with Gasteiger partial charge < -0.3 is 5.32 Å². The van der Waals surface area contributed by atoms with Crippen LogP contribution in [0.2, 0.25) is 0 Å². The normalized spacial score (nSPS) is 22.3. The van der Waals surface area contributed by atoms with Crippen molar-refractivity contribution in [2.45, 2.75) is 51.6 Å². The lowest BCUT2D eigenvalue weighted by Crippen LogP contribution is -2.32.